The molecule has 0 spiro atoms. The lowest BCUT2D eigenvalue weighted by molar-refractivity contribution is 0.0677. The molecule has 0 radical (unpaired) electrons. The van der Waals surface area contributed by atoms with E-state index < -0.39 is 11.9 Å². The molecule has 2 N–H and O–H groups in total. The summed E-state index contributed by atoms with van der Waals surface area (Å²) >= 11 is 0. The Bertz CT molecular complexity index is 377. The first-order valence-corrected chi connectivity index (χ1v) is 3.46. The van der Waals surface area contributed by atoms with Crippen LogP contribution >= 0.6 is 0 Å². The SMILES string of the molecule is Bc1nc(C(=O)O)ccc1C(=O)O. The summed E-state index contributed by atoms with van der Waals surface area (Å²) in [4.78, 5) is 24.6. The molecule has 0 saturated heterocycles. The van der Waals surface area contributed by atoms with Gasteiger partial charge in [-0.05, 0) is 12.1 Å². The summed E-state index contributed by atoms with van der Waals surface area (Å²) in [5.74, 6) is -2.28. The highest BCUT2D eigenvalue weighted by Gasteiger charge is 2.11. The molecule has 6 heteroatoms. The predicted octanol–water partition coefficient (Wildman–Crippen LogP) is -1.26. The lowest BCUT2D eigenvalue weighted by Crippen LogP contribution is -2.21. The minimum absolute atomic E-state index is 0.0185. The molecular weight excluding hydrogens is 173 g/mol. The molecule has 1 aromatic heterocycles. The van der Waals surface area contributed by atoms with Crippen LogP contribution in [0.15, 0.2) is 12.1 Å². The second-order valence-electron chi connectivity index (χ2n) is 2.44. The molecule has 1 aromatic rings. The van der Waals surface area contributed by atoms with Gasteiger partial charge in [-0.15, -0.1) is 0 Å². The minimum Gasteiger partial charge on any atom is -0.478 e. The van der Waals surface area contributed by atoms with Crippen LogP contribution in [0.1, 0.15) is 20.8 Å². The van der Waals surface area contributed by atoms with E-state index in [1.54, 1.807) is 0 Å². The summed E-state index contributed by atoms with van der Waals surface area (Å²) in [7, 11) is 1.45. The molecule has 5 nitrogen and oxygen atoms in total. The van der Waals surface area contributed by atoms with E-state index in [0.717, 1.165) is 0 Å². The number of aromatic carboxylic acids is 2. The number of hydrogen-bond acceptors (Lipinski definition) is 3. The molecular formula is C7H6BNO4. The largest absolute Gasteiger partial charge is 0.478 e. The summed E-state index contributed by atoms with van der Waals surface area (Å²) < 4.78 is 0. The molecule has 1 rings (SSSR count). The van der Waals surface area contributed by atoms with Gasteiger partial charge in [0.15, 0.2) is 7.85 Å². The van der Waals surface area contributed by atoms with E-state index in [1.165, 1.54) is 20.0 Å². The molecule has 0 aromatic carbocycles. The summed E-state index contributed by atoms with van der Waals surface area (Å²) in [6, 6.07) is 2.40. The molecule has 0 amide bonds. The topological polar surface area (TPSA) is 87.5 Å². The Balaban J connectivity index is 3.20. The second-order valence-corrected chi connectivity index (χ2v) is 2.44. The smallest absolute Gasteiger partial charge is 0.354 e. The van der Waals surface area contributed by atoms with Gasteiger partial charge in [0.2, 0.25) is 0 Å². The average molecular weight is 179 g/mol. The minimum atomic E-state index is -1.17. The van der Waals surface area contributed by atoms with E-state index in [2.05, 4.69) is 4.98 Å². The maximum absolute atomic E-state index is 10.5. The molecule has 0 unspecified atom stereocenters. The van der Waals surface area contributed by atoms with Crippen LogP contribution in [0.3, 0.4) is 0 Å². The van der Waals surface area contributed by atoms with Crippen molar-refractivity contribution in [2.75, 3.05) is 0 Å². The van der Waals surface area contributed by atoms with Crippen molar-refractivity contribution in [2.45, 2.75) is 0 Å². The molecule has 13 heavy (non-hydrogen) atoms. The highest BCUT2D eigenvalue weighted by Crippen LogP contribution is 1.97. The fourth-order valence-corrected chi connectivity index (χ4v) is 0.906. The van der Waals surface area contributed by atoms with Crippen molar-refractivity contribution in [3.8, 4) is 0 Å². The van der Waals surface area contributed by atoms with E-state index >= 15 is 0 Å². The third-order valence-corrected chi connectivity index (χ3v) is 1.54. The van der Waals surface area contributed by atoms with Gasteiger partial charge in [-0.1, -0.05) is 0 Å². The molecule has 1 heterocycles. The Morgan fingerprint density at radius 2 is 1.85 bits per heavy atom. The molecule has 0 saturated carbocycles. The molecule has 0 atom stereocenters. The zero-order valence-electron chi connectivity index (χ0n) is 6.81. The average Bonchev–Trinajstić information content (AvgIpc) is 2.03. The van der Waals surface area contributed by atoms with Crippen LogP contribution in [0.25, 0.3) is 0 Å². The van der Waals surface area contributed by atoms with Crippen molar-refractivity contribution < 1.29 is 19.8 Å². The number of carboxylic acids is 2. The van der Waals surface area contributed by atoms with Gasteiger partial charge in [-0.2, -0.15) is 0 Å². The second kappa shape index (κ2) is 3.26. The van der Waals surface area contributed by atoms with Crippen LogP contribution in [0, 0.1) is 0 Å². The van der Waals surface area contributed by atoms with Gasteiger partial charge in [0.1, 0.15) is 5.69 Å². The van der Waals surface area contributed by atoms with Gasteiger partial charge in [0.25, 0.3) is 0 Å². The van der Waals surface area contributed by atoms with Gasteiger partial charge in [-0.3, -0.25) is 4.98 Å². The number of aromatic nitrogens is 1. The monoisotopic (exact) mass is 179 g/mol. The fourth-order valence-electron chi connectivity index (χ4n) is 0.906. The van der Waals surface area contributed by atoms with Crippen molar-refractivity contribution in [2.24, 2.45) is 0 Å². The highest BCUT2D eigenvalue weighted by atomic mass is 16.4. The Labute approximate surface area is 74.4 Å². The molecule has 0 fully saturated rings. The lowest BCUT2D eigenvalue weighted by Gasteiger charge is -2.00. The Hall–Kier alpha value is -1.85. The number of pyridine rings is 1. The van der Waals surface area contributed by atoms with E-state index in [0.29, 0.717) is 0 Å². The highest BCUT2D eigenvalue weighted by molar-refractivity contribution is 6.34. The van der Waals surface area contributed by atoms with Crippen LogP contribution in [0.5, 0.6) is 0 Å². The Morgan fingerprint density at radius 1 is 1.23 bits per heavy atom. The third kappa shape index (κ3) is 1.84. The fraction of sp³-hybridized carbons (Fsp3) is 0. The normalized spacial score (nSPS) is 9.54. The van der Waals surface area contributed by atoms with Crippen LogP contribution in [0.4, 0.5) is 0 Å². The molecule has 0 aliphatic rings. The number of nitrogens with zero attached hydrogens (tertiary/aromatic N) is 1. The Kier molecular flexibility index (Phi) is 2.32. The van der Waals surface area contributed by atoms with Gasteiger partial charge >= 0.3 is 11.9 Å². The number of carboxylic acid groups (broad SMARTS) is 2. The van der Waals surface area contributed by atoms with Crippen molar-refractivity contribution in [3.63, 3.8) is 0 Å². The standard InChI is InChI=1S/C7H6BNO4/c8-5-3(6(10)11)1-2-4(9-5)7(12)13/h1-2H,8H2,(H,10,11)(H,12,13). The molecule has 66 valence electrons. The van der Waals surface area contributed by atoms with Gasteiger partial charge in [0, 0.05) is 5.59 Å². The van der Waals surface area contributed by atoms with Crippen molar-refractivity contribution >= 4 is 25.4 Å². The first-order valence-electron chi connectivity index (χ1n) is 3.46. The Morgan fingerprint density at radius 3 is 2.23 bits per heavy atom. The summed E-state index contributed by atoms with van der Waals surface area (Å²) in [6.07, 6.45) is 0. The third-order valence-electron chi connectivity index (χ3n) is 1.54. The molecule has 0 aliphatic heterocycles. The van der Waals surface area contributed by atoms with Gasteiger partial charge < -0.3 is 10.2 Å². The number of rotatable bonds is 2. The van der Waals surface area contributed by atoms with Crippen molar-refractivity contribution in [3.05, 3.63) is 23.4 Å². The van der Waals surface area contributed by atoms with Crippen LogP contribution in [-0.2, 0) is 0 Å². The van der Waals surface area contributed by atoms with Crippen LogP contribution < -0.4 is 5.59 Å². The quantitative estimate of drug-likeness (QED) is 0.553. The number of carbonyl (C=O) groups is 2. The van der Waals surface area contributed by atoms with Crippen molar-refractivity contribution in [1.82, 2.24) is 4.98 Å². The van der Waals surface area contributed by atoms with Crippen molar-refractivity contribution in [1.29, 1.82) is 0 Å². The summed E-state index contributed by atoms with van der Waals surface area (Å²) in [5, 5.41) is 17.1. The first kappa shape index (κ1) is 9.24. The molecule has 0 bridgehead atoms. The first-order chi connectivity index (χ1) is 6.02. The molecule has 0 aliphatic carbocycles. The predicted molar refractivity (Wildman–Crippen MR) is 46.3 cm³/mol. The van der Waals surface area contributed by atoms with Gasteiger partial charge in [0.05, 0.1) is 5.56 Å². The van der Waals surface area contributed by atoms with E-state index in [-0.39, 0.29) is 16.9 Å². The van der Waals surface area contributed by atoms with E-state index in [9.17, 15) is 9.59 Å². The van der Waals surface area contributed by atoms with E-state index in [1.807, 2.05) is 0 Å². The zero-order valence-corrected chi connectivity index (χ0v) is 6.81. The van der Waals surface area contributed by atoms with Gasteiger partial charge in [-0.25, -0.2) is 9.59 Å². The summed E-state index contributed by atoms with van der Waals surface area (Å²) in [5.41, 5.74) is 0.0694. The van der Waals surface area contributed by atoms with E-state index in [4.69, 9.17) is 10.2 Å². The summed E-state index contributed by atoms with van der Waals surface area (Å²) in [6.45, 7) is 0. The lowest BCUT2D eigenvalue weighted by atomic mass is 9.97. The van der Waals surface area contributed by atoms with Crippen LogP contribution in [0.2, 0.25) is 0 Å². The maximum Gasteiger partial charge on any atom is 0.354 e. The maximum atomic E-state index is 10.5. The van der Waals surface area contributed by atoms with Crippen LogP contribution in [-0.4, -0.2) is 35.0 Å². The number of hydrogen-bond donors (Lipinski definition) is 2. The zero-order chi connectivity index (χ0) is 10.0.